The summed E-state index contributed by atoms with van der Waals surface area (Å²) in [5.41, 5.74) is 0.223. The van der Waals surface area contributed by atoms with Gasteiger partial charge in [0.15, 0.2) is 5.96 Å². The van der Waals surface area contributed by atoms with Gasteiger partial charge < -0.3 is 25.6 Å². The van der Waals surface area contributed by atoms with Gasteiger partial charge in [0.1, 0.15) is 12.1 Å². The molecule has 0 aliphatic carbocycles. The van der Waals surface area contributed by atoms with Crippen molar-refractivity contribution in [1.82, 2.24) is 15.5 Å². The van der Waals surface area contributed by atoms with Crippen molar-refractivity contribution in [2.24, 2.45) is 4.99 Å². The molecule has 3 N–H and O–H groups in total. The van der Waals surface area contributed by atoms with E-state index in [0.717, 1.165) is 18.7 Å². The standard InChI is InChI=1S/C20H31N5O3.HI/c1-5-21-18(22-13-17(26)23-15-9-7-6-8-10-15)25-12-11-16(14-25)24-19(27)28-20(2,3)4;/h6-10,16H,5,11-14H2,1-4H3,(H,21,22)(H,23,26)(H,24,27);1H. The van der Waals surface area contributed by atoms with Crippen LogP contribution in [-0.2, 0) is 9.53 Å². The zero-order valence-electron chi connectivity index (χ0n) is 17.5. The van der Waals surface area contributed by atoms with E-state index in [2.05, 4.69) is 20.9 Å². The number of para-hydroxylation sites is 1. The number of anilines is 1. The molecule has 0 spiro atoms. The van der Waals surface area contributed by atoms with Crippen molar-refractivity contribution in [3.8, 4) is 0 Å². The number of carbonyl (C=O) groups excluding carboxylic acids is 2. The Labute approximate surface area is 189 Å². The average molecular weight is 517 g/mol. The van der Waals surface area contributed by atoms with Crippen LogP contribution in [0, 0.1) is 0 Å². The van der Waals surface area contributed by atoms with Crippen LogP contribution in [0.5, 0.6) is 0 Å². The van der Waals surface area contributed by atoms with Gasteiger partial charge in [0.25, 0.3) is 0 Å². The summed E-state index contributed by atoms with van der Waals surface area (Å²) in [6.07, 6.45) is 0.378. The van der Waals surface area contributed by atoms with Gasteiger partial charge in [0.05, 0.1) is 6.04 Å². The summed E-state index contributed by atoms with van der Waals surface area (Å²) in [6, 6.07) is 9.28. The van der Waals surface area contributed by atoms with Gasteiger partial charge in [0, 0.05) is 25.3 Å². The minimum atomic E-state index is -0.523. The minimum Gasteiger partial charge on any atom is -0.444 e. The van der Waals surface area contributed by atoms with E-state index in [9.17, 15) is 9.59 Å². The minimum absolute atomic E-state index is 0. The van der Waals surface area contributed by atoms with Crippen LogP contribution < -0.4 is 16.0 Å². The Bertz CT molecular complexity index is 691. The van der Waals surface area contributed by atoms with Crippen LogP contribution in [0.15, 0.2) is 35.3 Å². The van der Waals surface area contributed by atoms with Crippen molar-refractivity contribution in [1.29, 1.82) is 0 Å². The van der Waals surface area contributed by atoms with Crippen LogP contribution >= 0.6 is 24.0 Å². The molecule has 0 radical (unpaired) electrons. The van der Waals surface area contributed by atoms with Crippen LogP contribution in [0.25, 0.3) is 0 Å². The highest BCUT2D eigenvalue weighted by Crippen LogP contribution is 2.12. The fourth-order valence-corrected chi connectivity index (χ4v) is 2.84. The predicted molar refractivity (Wildman–Crippen MR) is 126 cm³/mol. The van der Waals surface area contributed by atoms with Crippen LogP contribution in [-0.4, -0.2) is 60.7 Å². The van der Waals surface area contributed by atoms with Gasteiger partial charge in [-0.05, 0) is 46.2 Å². The van der Waals surface area contributed by atoms with Crippen molar-refractivity contribution in [2.45, 2.75) is 45.8 Å². The van der Waals surface area contributed by atoms with E-state index in [1.165, 1.54) is 0 Å². The Hall–Kier alpha value is -2.04. The quantitative estimate of drug-likeness (QED) is 0.317. The summed E-state index contributed by atoms with van der Waals surface area (Å²) in [7, 11) is 0. The van der Waals surface area contributed by atoms with Crippen molar-refractivity contribution < 1.29 is 14.3 Å². The molecule has 1 unspecified atom stereocenters. The van der Waals surface area contributed by atoms with Crippen molar-refractivity contribution >= 4 is 47.6 Å². The number of likely N-dealkylation sites (tertiary alicyclic amines) is 1. The first kappa shape index (κ1) is 25.0. The monoisotopic (exact) mass is 517 g/mol. The fraction of sp³-hybridized carbons (Fsp3) is 0.550. The van der Waals surface area contributed by atoms with E-state index < -0.39 is 11.7 Å². The molecule has 1 atom stereocenters. The van der Waals surface area contributed by atoms with Crippen LogP contribution in [0.2, 0.25) is 0 Å². The molecule has 8 nitrogen and oxygen atoms in total. The Kier molecular flexibility index (Phi) is 10.2. The number of carbonyl (C=O) groups is 2. The number of benzene rings is 1. The second-order valence-corrected chi connectivity index (χ2v) is 7.66. The lowest BCUT2D eigenvalue weighted by molar-refractivity contribution is -0.114. The molecule has 29 heavy (non-hydrogen) atoms. The smallest absolute Gasteiger partial charge is 0.407 e. The molecule has 9 heteroatoms. The van der Waals surface area contributed by atoms with Crippen molar-refractivity contribution in [2.75, 3.05) is 31.5 Å². The molecule has 0 bridgehead atoms. The van der Waals surface area contributed by atoms with Crippen molar-refractivity contribution in [3.05, 3.63) is 30.3 Å². The molecule has 1 aliphatic heterocycles. The Morgan fingerprint density at radius 3 is 2.55 bits per heavy atom. The SMILES string of the molecule is CCNC(=NCC(=O)Nc1ccccc1)N1CCC(NC(=O)OC(C)(C)C)C1.I. The maximum atomic E-state index is 12.1. The first-order valence-electron chi connectivity index (χ1n) is 9.64. The number of nitrogens with zero attached hydrogens (tertiary/aromatic N) is 2. The van der Waals surface area contributed by atoms with E-state index in [0.29, 0.717) is 19.0 Å². The molecule has 1 heterocycles. The molecular weight excluding hydrogens is 485 g/mol. The van der Waals surface area contributed by atoms with Gasteiger partial charge in [-0.3, -0.25) is 4.79 Å². The van der Waals surface area contributed by atoms with Crippen molar-refractivity contribution in [3.63, 3.8) is 0 Å². The molecule has 1 aliphatic rings. The van der Waals surface area contributed by atoms with Crippen LogP contribution in [0.1, 0.15) is 34.1 Å². The number of hydrogen-bond donors (Lipinski definition) is 3. The summed E-state index contributed by atoms with van der Waals surface area (Å²) in [5.74, 6) is 0.489. The predicted octanol–water partition coefficient (Wildman–Crippen LogP) is 2.81. The largest absolute Gasteiger partial charge is 0.444 e. The second-order valence-electron chi connectivity index (χ2n) is 7.66. The second kappa shape index (κ2) is 11.8. The zero-order valence-corrected chi connectivity index (χ0v) is 19.9. The normalized spacial score (nSPS) is 16.6. The number of ether oxygens (including phenoxy) is 1. The number of rotatable bonds is 5. The highest BCUT2D eigenvalue weighted by molar-refractivity contribution is 14.0. The summed E-state index contributed by atoms with van der Waals surface area (Å²) >= 11 is 0. The average Bonchev–Trinajstić information content (AvgIpc) is 3.06. The molecule has 1 fully saturated rings. The lowest BCUT2D eigenvalue weighted by Crippen LogP contribution is -2.44. The fourth-order valence-electron chi connectivity index (χ4n) is 2.84. The maximum Gasteiger partial charge on any atom is 0.407 e. The first-order valence-corrected chi connectivity index (χ1v) is 9.64. The molecule has 2 amide bonds. The third-order valence-electron chi connectivity index (χ3n) is 3.97. The van der Waals surface area contributed by atoms with Gasteiger partial charge in [-0.2, -0.15) is 0 Å². The molecule has 162 valence electrons. The molecular formula is C20H32IN5O3. The van der Waals surface area contributed by atoms with E-state index >= 15 is 0 Å². The maximum absolute atomic E-state index is 12.1. The van der Waals surface area contributed by atoms with E-state index in [-0.39, 0.29) is 42.5 Å². The van der Waals surface area contributed by atoms with Gasteiger partial charge in [-0.1, -0.05) is 18.2 Å². The number of alkyl carbamates (subject to hydrolysis) is 1. The Morgan fingerprint density at radius 1 is 1.24 bits per heavy atom. The van der Waals surface area contributed by atoms with Gasteiger partial charge in [-0.25, -0.2) is 9.79 Å². The summed E-state index contributed by atoms with van der Waals surface area (Å²) < 4.78 is 5.31. The third kappa shape index (κ3) is 9.33. The number of amides is 2. The zero-order chi connectivity index (χ0) is 20.6. The summed E-state index contributed by atoms with van der Waals surface area (Å²) in [6.45, 7) is 9.57. The Morgan fingerprint density at radius 2 is 1.93 bits per heavy atom. The molecule has 0 aromatic heterocycles. The molecule has 1 aromatic rings. The Balaban J connectivity index is 0.00000420. The van der Waals surface area contributed by atoms with E-state index in [1.807, 2.05) is 62.9 Å². The summed E-state index contributed by atoms with van der Waals surface area (Å²) in [5, 5.41) is 8.92. The number of aliphatic imine (C=N–C) groups is 1. The molecule has 2 rings (SSSR count). The highest BCUT2D eigenvalue weighted by Gasteiger charge is 2.27. The number of hydrogen-bond acceptors (Lipinski definition) is 4. The number of guanidine groups is 1. The first-order chi connectivity index (χ1) is 13.3. The number of halogens is 1. The van der Waals surface area contributed by atoms with Gasteiger partial charge >= 0.3 is 6.09 Å². The molecule has 0 saturated carbocycles. The lowest BCUT2D eigenvalue weighted by atomic mass is 10.2. The van der Waals surface area contributed by atoms with E-state index in [4.69, 9.17) is 4.74 Å². The molecule has 1 aromatic carbocycles. The topological polar surface area (TPSA) is 95.1 Å². The van der Waals surface area contributed by atoms with Gasteiger partial charge in [-0.15, -0.1) is 24.0 Å². The van der Waals surface area contributed by atoms with Crippen LogP contribution in [0.4, 0.5) is 10.5 Å². The van der Waals surface area contributed by atoms with E-state index in [1.54, 1.807) is 0 Å². The summed E-state index contributed by atoms with van der Waals surface area (Å²) in [4.78, 5) is 30.6. The lowest BCUT2D eigenvalue weighted by Gasteiger charge is -2.23. The van der Waals surface area contributed by atoms with Crippen LogP contribution in [0.3, 0.4) is 0 Å². The highest BCUT2D eigenvalue weighted by atomic mass is 127. The third-order valence-corrected chi connectivity index (χ3v) is 3.97. The van der Waals surface area contributed by atoms with Gasteiger partial charge in [0.2, 0.25) is 5.91 Å². The molecule has 1 saturated heterocycles. The number of nitrogens with one attached hydrogen (secondary N) is 3.